The smallest absolute Gasteiger partial charge is 0.302 e. The molecule has 0 unspecified atom stereocenters. The number of benzene rings is 4. The second-order valence-electron chi connectivity index (χ2n) is 9.75. The van der Waals surface area contributed by atoms with Crippen LogP contribution in [0.15, 0.2) is 36.4 Å². The van der Waals surface area contributed by atoms with Crippen LogP contribution < -0.4 is 28.4 Å². The molecule has 0 atom stereocenters. The molecule has 4 rings (SSSR count). The number of esters is 1. The molecule has 0 saturated carbocycles. The maximum absolute atomic E-state index is 10.6. The molecule has 4 aromatic rings. The Morgan fingerprint density at radius 1 is 0.500 bits per heavy atom. The van der Waals surface area contributed by atoms with E-state index >= 15 is 0 Å². The molecular weight excluding hydrogens is 568 g/mol. The highest BCUT2D eigenvalue weighted by atomic mass is 16.5. The van der Waals surface area contributed by atoms with Crippen molar-refractivity contribution in [1.82, 2.24) is 0 Å². The fraction of sp³-hybridized carbons (Fsp3) is 0.441. The van der Waals surface area contributed by atoms with Crippen molar-refractivity contribution in [3.8, 4) is 34.5 Å². The van der Waals surface area contributed by atoms with E-state index < -0.39 is 0 Å². The quantitative estimate of drug-likeness (QED) is 0.117. The van der Waals surface area contributed by atoms with Gasteiger partial charge >= 0.3 is 5.97 Å². The summed E-state index contributed by atoms with van der Waals surface area (Å²) in [5.41, 5.74) is 0. The first kappa shape index (κ1) is 34.3. The van der Waals surface area contributed by atoms with Gasteiger partial charge in [0.1, 0.15) is 0 Å². The zero-order valence-electron chi connectivity index (χ0n) is 27.2. The van der Waals surface area contributed by atoms with E-state index in [4.69, 9.17) is 42.6 Å². The number of rotatable bonds is 14. The van der Waals surface area contributed by atoms with Crippen molar-refractivity contribution in [2.24, 2.45) is 5.92 Å². The van der Waals surface area contributed by atoms with Gasteiger partial charge in [-0.25, -0.2) is 0 Å². The largest absolute Gasteiger partial charge is 0.493 e. The minimum Gasteiger partial charge on any atom is -0.493 e. The predicted octanol–water partition coefficient (Wildman–Crippen LogP) is 6.44. The summed E-state index contributed by atoms with van der Waals surface area (Å²) in [6, 6.07) is 11.9. The first-order valence-corrected chi connectivity index (χ1v) is 14.4. The van der Waals surface area contributed by atoms with Crippen LogP contribution in [0.5, 0.6) is 34.5 Å². The minimum absolute atomic E-state index is 0.138. The Morgan fingerprint density at radius 2 is 0.750 bits per heavy atom. The standard InChI is InChI=1S/C24H24O6.C10H20O4/c1-25-19-7-13-14(8-20(19)26-2)16-10-22(28-4)24(30-6)12-18(16)17-11-23(29-5)21(27-3)9-15(13)17;1-4-12-6-10(7-13-5-2)8-14-9(3)11/h7-12H,1-6H3;10H,4-8H2,1-3H3. The van der Waals surface area contributed by atoms with Crippen LogP contribution in [0.4, 0.5) is 0 Å². The molecule has 0 spiro atoms. The average molecular weight is 613 g/mol. The molecule has 0 aliphatic rings. The molecule has 0 N–H and O–H groups in total. The van der Waals surface area contributed by atoms with Crippen molar-refractivity contribution < 1.29 is 47.4 Å². The maximum atomic E-state index is 10.6. The van der Waals surface area contributed by atoms with Crippen molar-refractivity contribution in [3.63, 3.8) is 0 Å². The summed E-state index contributed by atoms with van der Waals surface area (Å²) in [5, 5.41) is 6.02. The van der Waals surface area contributed by atoms with E-state index in [2.05, 4.69) is 0 Å². The third-order valence-corrected chi connectivity index (χ3v) is 7.08. The third kappa shape index (κ3) is 7.86. The predicted molar refractivity (Wildman–Crippen MR) is 171 cm³/mol. The van der Waals surface area contributed by atoms with Crippen molar-refractivity contribution in [2.45, 2.75) is 20.8 Å². The summed E-state index contributed by atoms with van der Waals surface area (Å²) in [6.45, 7) is 8.12. The van der Waals surface area contributed by atoms with Crippen LogP contribution in [-0.4, -0.2) is 81.7 Å². The van der Waals surface area contributed by atoms with Gasteiger partial charge in [-0.2, -0.15) is 0 Å². The second kappa shape index (κ2) is 16.6. The normalized spacial score (nSPS) is 10.9. The van der Waals surface area contributed by atoms with E-state index in [1.54, 1.807) is 42.7 Å². The molecule has 240 valence electrons. The van der Waals surface area contributed by atoms with Crippen molar-refractivity contribution in [2.75, 3.05) is 75.7 Å². The molecule has 0 fully saturated rings. The number of fused-ring (bicyclic) bond motifs is 6. The van der Waals surface area contributed by atoms with Gasteiger partial charge in [-0.1, -0.05) is 0 Å². The molecule has 0 aromatic heterocycles. The van der Waals surface area contributed by atoms with Crippen LogP contribution in [0.25, 0.3) is 32.3 Å². The summed E-state index contributed by atoms with van der Waals surface area (Å²) in [6.07, 6.45) is 0. The van der Waals surface area contributed by atoms with Crippen LogP contribution >= 0.6 is 0 Å². The molecule has 0 heterocycles. The lowest BCUT2D eigenvalue weighted by molar-refractivity contribution is -0.143. The monoisotopic (exact) mass is 612 g/mol. The topological polar surface area (TPSA) is 100 Å². The summed E-state index contributed by atoms with van der Waals surface area (Å²) >= 11 is 0. The van der Waals surface area contributed by atoms with E-state index in [-0.39, 0.29) is 11.9 Å². The van der Waals surface area contributed by atoms with E-state index in [0.29, 0.717) is 67.5 Å². The van der Waals surface area contributed by atoms with Crippen LogP contribution in [0.2, 0.25) is 0 Å². The third-order valence-electron chi connectivity index (χ3n) is 7.08. The Kier molecular flexibility index (Phi) is 13.0. The number of methoxy groups -OCH3 is 6. The van der Waals surface area contributed by atoms with Gasteiger partial charge in [-0.05, 0) is 82.6 Å². The lowest BCUT2D eigenvalue weighted by atomic mass is 9.93. The summed E-state index contributed by atoms with van der Waals surface area (Å²) < 4.78 is 48.8. The van der Waals surface area contributed by atoms with Crippen LogP contribution in [0.1, 0.15) is 20.8 Å². The zero-order chi connectivity index (χ0) is 32.2. The van der Waals surface area contributed by atoms with E-state index in [0.717, 1.165) is 32.3 Å². The lowest BCUT2D eigenvalue weighted by Crippen LogP contribution is -2.23. The van der Waals surface area contributed by atoms with Crippen molar-refractivity contribution in [3.05, 3.63) is 36.4 Å². The highest BCUT2D eigenvalue weighted by Gasteiger charge is 2.18. The second-order valence-corrected chi connectivity index (χ2v) is 9.75. The number of ether oxygens (including phenoxy) is 9. The summed E-state index contributed by atoms with van der Waals surface area (Å²) in [7, 11) is 9.78. The molecule has 0 saturated heterocycles. The SMILES string of the molecule is CCOCC(COCC)COC(C)=O.COc1cc2c3cc(OC)c(OC)cc3c3cc(OC)c(OC)cc3c2cc1OC. The zero-order valence-corrected chi connectivity index (χ0v) is 27.2. The average Bonchev–Trinajstić information content (AvgIpc) is 3.06. The van der Waals surface area contributed by atoms with Gasteiger partial charge in [0.25, 0.3) is 0 Å². The molecule has 0 amide bonds. The van der Waals surface area contributed by atoms with Gasteiger partial charge in [0.2, 0.25) is 0 Å². The lowest BCUT2D eigenvalue weighted by Gasteiger charge is -2.18. The highest BCUT2D eigenvalue weighted by Crippen LogP contribution is 2.46. The molecule has 0 aliphatic heterocycles. The number of hydrogen-bond acceptors (Lipinski definition) is 10. The molecule has 10 heteroatoms. The number of carbonyl (C=O) groups excluding carboxylic acids is 1. The Morgan fingerprint density at radius 3 is 0.932 bits per heavy atom. The van der Waals surface area contributed by atoms with Gasteiger partial charge in [-0.3, -0.25) is 4.79 Å². The number of hydrogen-bond donors (Lipinski definition) is 0. The maximum Gasteiger partial charge on any atom is 0.302 e. The fourth-order valence-corrected chi connectivity index (χ4v) is 4.92. The van der Waals surface area contributed by atoms with Crippen molar-refractivity contribution >= 4 is 38.3 Å². The van der Waals surface area contributed by atoms with Crippen molar-refractivity contribution in [1.29, 1.82) is 0 Å². The Hall–Kier alpha value is -4.15. The molecule has 0 aliphatic carbocycles. The Labute approximate surface area is 259 Å². The molecule has 0 radical (unpaired) electrons. The molecule has 44 heavy (non-hydrogen) atoms. The van der Waals surface area contributed by atoms with Gasteiger partial charge in [-0.15, -0.1) is 0 Å². The molecule has 0 bridgehead atoms. The Balaban J connectivity index is 0.000000321. The fourth-order valence-electron chi connectivity index (χ4n) is 4.92. The summed E-state index contributed by atoms with van der Waals surface area (Å²) in [5.74, 6) is 3.80. The molecule has 10 nitrogen and oxygen atoms in total. The molecule has 4 aromatic carbocycles. The van der Waals surface area contributed by atoms with E-state index in [9.17, 15) is 4.79 Å². The van der Waals surface area contributed by atoms with Crippen LogP contribution in [-0.2, 0) is 19.0 Å². The van der Waals surface area contributed by atoms with Gasteiger partial charge < -0.3 is 42.6 Å². The Bertz CT molecular complexity index is 1260. The van der Waals surface area contributed by atoms with Gasteiger partial charge in [0.05, 0.1) is 62.5 Å². The van der Waals surface area contributed by atoms with Crippen LogP contribution in [0, 0.1) is 5.92 Å². The van der Waals surface area contributed by atoms with Gasteiger partial charge in [0.15, 0.2) is 34.5 Å². The molecular formula is C34H44O10. The van der Waals surface area contributed by atoms with E-state index in [1.165, 1.54) is 6.92 Å². The summed E-state index contributed by atoms with van der Waals surface area (Å²) in [4.78, 5) is 10.6. The van der Waals surface area contributed by atoms with E-state index in [1.807, 2.05) is 50.2 Å². The first-order valence-electron chi connectivity index (χ1n) is 14.4. The first-order chi connectivity index (χ1) is 21.3. The van der Waals surface area contributed by atoms with Gasteiger partial charge in [0, 0.05) is 26.1 Å². The minimum atomic E-state index is -0.261. The van der Waals surface area contributed by atoms with Crippen LogP contribution in [0.3, 0.4) is 0 Å². The highest BCUT2D eigenvalue weighted by molar-refractivity contribution is 6.26. The number of carbonyl (C=O) groups is 1.